The standard InChI is InChI=1S/C16H30N3O2/c1-7-15(20)17(3)11-9-13-19(5,6)14-10-12-18(4)16(21)8-2/h7-8H,1-2,9-14H2,3-6H3/q+1. The van der Waals surface area contributed by atoms with E-state index in [0.717, 1.165) is 43.5 Å². The summed E-state index contributed by atoms with van der Waals surface area (Å²) in [6, 6.07) is 0. The molecule has 0 aromatic rings. The van der Waals surface area contributed by atoms with Crippen LogP contribution < -0.4 is 0 Å². The van der Waals surface area contributed by atoms with E-state index >= 15 is 0 Å². The summed E-state index contributed by atoms with van der Waals surface area (Å²) < 4.78 is 0.881. The van der Waals surface area contributed by atoms with Gasteiger partial charge in [-0.15, -0.1) is 0 Å². The van der Waals surface area contributed by atoms with Gasteiger partial charge in [-0.3, -0.25) is 9.59 Å². The Labute approximate surface area is 129 Å². The molecule has 5 nitrogen and oxygen atoms in total. The molecule has 0 aliphatic rings. The number of carbonyl (C=O) groups is 2. The van der Waals surface area contributed by atoms with Crippen molar-refractivity contribution in [1.82, 2.24) is 9.80 Å². The van der Waals surface area contributed by atoms with E-state index in [1.807, 2.05) is 0 Å². The third-order valence-corrected chi connectivity index (χ3v) is 3.62. The maximum atomic E-state index is 11.4. The van der Waals surface area contributed by atoms with Gasteiger partial charge in [-0.05, 0) is 12.2 Å². The van der Waals surface area contributed by atoms with Crippen LogP contribution in [0.2, 0.25) is 0 Å². The van der Waals surface area contributed by atoms with Gasteiger partial charge in [0.15, 0.2) is 0 Å². The van der Waals surface area contributed by atoms with E-state index in [2.05, 4.69) is 27.3 Å². The molecular formula is C16H30N3O2+. The van der Waals surface area contributed by atoms with E-state index in [1.54, 1.807) is 23.9 Å². The van der Waals surface area contributed by atoms with Crippen LogP contribution in [0.4, 0.5) is 0 Å². The van der Waals surface area contributed by atoms with Crippen LogP contribution in [0.15, 0.2) is 25.3 Å². The Kier molecular flexibility index (Phi) is 8.62. The van der Waals surface area contributed by atoms with Crippen molar-refractivity contribution in [3.8, 4) is 0 Å². The lowest BCUT2D eigenvalue weighted by atomic mass is 10.2. The van der Waals surface area contributed by atoms with Crippen LogP contribution in [0.3, 0.4) is 0 Å². The molecule has 0 aliphatic carbocycles. The number of carbonyl (C=O) groups excluding carboxylic acids is 2. The monoisotopic (exact) mass is 296 g/mol. The molecule has 0 aliphatic heterocycles. The highest BCUT2D eigenvalue weighted by Crippen LogP contribution is 2.03. The molecule has 0 unspecified atom stereocenters. The summed E-state index contributed by atoms with van der Waals surface area (Å²) >= 11 is 0. The van der Waals surface area contributed by atoms with Crippen molar-refractivity contribution in [3.63, 3.8) is 0 Å². The van der Waals surface area contributed by atoms with Crippen LogP contribution in [0, 0.1) is 0 Å². The molecule has 0 aromatic heterocycles. The summed E-state index contributed by atoms with van der Waals surface area (Å²) in [5, 5.41) is 0. The van der Waals surface area contributed by atoms with Crippen molar-refractivity contribution in [3.05, 3.63) is 25.3 Å². The van der Waals surface area contributed by atoms with Gasteiger partial charge in [-0.2, -0.15) is 0 Å². The van der Waals surface area contributed by atoms with Crippen molar-refractivity contribution < 1.29 is 14.1 Å². The first-order valence-electron chi connectivity index (χ1n) is 7.30. The van der Waals surface area contributed by atoms with Crippen LogP contribution in [-0.2, 0) is 9.59 Å². The lowest BCUT2D eigenvalue weighted by Crippen LogP contribution is -2.43. The number of amides is 2. The van der Waals surface area contributed by atoms with Crippen molar-refractivity contribution in [2.24, 2.45) is 0 Å². The molecule has 0 saturated carbocycles. The van der Waals surface area contributed by atoms with Gasteiger partial charge in [-0.25, -0.2) is 0 Å². The Bertz CT molecular complexity index is 344. The Balaban J connectivity index is 3.98. The van der Waals surface area contributed by atoms with E-state index in [9.17, 15) is 9.59 Å². The third-order valence-electron chi connectivity index (χ3n) is 3.62. The number of likely N-dealkylation sites (N-methyl/N-ethyl adjacent to an activating group) is 2. The average molecular weight is 296 g/mol. The van der Waals surface area contributed by atoms with Gasteiger partial charge in [-0.1, -0.05) is 13.2 Å². The van der Waals surface area contributed by atoms with E-state index < -0.39 is 0 Å². The minimum atomic E-state index is -0.0372. The number of hydrogen-bond acceptors (Lipinski definition) is 2. The summed E-state index contributed by atoms with van der Waals surface area (Å²) in [5.41, 5.74) is 0. The van der Waals surface area contributed by atoms with E-state index in [4.69, 9.17) is 0 Å². The van der Waals surface area contributed by atoms with Crippen molar-refractivity contribution in [2.45, 2.75) is 12.8 Å². The molecule has 0 aromatic carbocycles. The van der Waals surface area contributed by atoms with Crippen LogP contribution in [0.1, 0.15) is 12.8 Å². The van der Waals surface area contributed by atoms with Crippen molar-refractivity contribution >= 4 is 11.8 Å². The Hall–Kier alpha value is -1.62. The number of hydrogen-bond donors (Lipinski definition) is 0. The lowest BCUT2D eigenvalue weighted by Gasteiger charge is -2.31. The first-order valence-corrected chi connectivity index (χ1v) is 7.30. The van der Waals surface area contributed by atoms with Gasteiger partial charge >= 0.3 is 0 Å². The van der Waals surface area contributed by atoms with Crippen molar-refractivity contribution in [2.75, 3.05) is 54.4 Å². The van der Waals surface area contributed by atoms with Crippen LogP contribution >= 0.6 is 0 Å². The van der Waals surface area contributed by atoms with E-state index in [0.29, 0.717) is 0 Å². The molecule has 0 saturated heterocycles. The van der Waals surface area contributed by atoms with Gasteiger partial charge in [0.2, 0.25) is 11.8 Å². The predicted molar refractivity (Wildman–Crippen MR) is 86.7 cm³/mol. The fraction of sp³-hybridized carbons (Fsp3) is 0.625. The molecule has 0 spiro atoms. The number of rotatable bonds is 10. The molecular weight excluding hydrogens is 266 g/mol. The fourth-order valence-electron chi connectivity index (χ4n) is 2.12. The highest BCUT2D eigenvalue weighted by Gasteiger charge is 2.16. The van der Waals surface area contributed by atoms with Gasteiger partial charge in [0.25, 0.3) is 0 Å². The third kappa shape index (κ3) is 8.30. The summed E-state index contributed by atoms with van der Waals surface area (Å²) in [4.78, 5) is 26.1. The normalized spacial score (nSPS) is 10.9. The zero-order valence-electron chi connectivity index (χ0n) is 14.0. The number of nitrogens with zero attached hydrogens (tertiary/aromatic N) is 3. The molecule has 0 fully saturated rings. The van der Waals surface area contributed by atoms with Gasteiger partial charge in [0, 0.05) is 40.0 Å². The average Bonchev–Trinajstić information content (AvgIpc) is 2.44. The Morgan fingerprint density at radius 3 is 1.52 bits per heavy atom. The van der Waals surface area contributed by atoms with Crippen LogP contribution in [0.25, 0.3) is 0 Å². The minimum absolute atomic E-state index is 0.0372. The highest BCUT2D eigenvalue weighted by molar-refractivity contribution is 5.87. The predicted octanol–water partition coefficient (Wildman–Crippen LogP) is 1.13. The smallest absolute Gasteiger partial charge is 0.245 e. The largest absolute Gasteiger partial charge is 0.342 e. The zero-order valence-corrected chi connectivity index (χ0v) is 14.0. The minimum Gasteiger partial charge on any atom is -0.342 e. The molecule has 21 heavy (non-hydrogen) atoms. The van der Waals surface area contributed by atoms with E-state index in [1.165, 1.54) is 12.2 Å². The molecule has 0 rings (SSSR count). The summed E-state index contributed by atoms with van der Waals surface area (Å²) in [6.45, 7) is 10.4. The first-order chi connectivity index (χ1) is 9.73. The molecule has 0 heterocycles. The lowest BCUT2D eigenvalue weighted by molar-refractivity contribution is -0.890. The molecule has 2 amide bonds. The molecule has 0 radical (unpaired) electrons. The Morgan fingerprint density at radius 2 is 1.24 bits per heavy atom. The van der Waals surface area contributed by atoms with Gasteiger partial charge in [0.05, 0.1) is 27.2 Å². The topological polar surface area (TPSA) is 40.6 Å². The van der Waals surface area contributed by atoms with Gasteiger partial charge < -0.3 is 14.3 Å². The molecule has 120 valence electrons. The van der Waals surface area contributed by atoms with Crippen LogP contribution in [-0.4, -0.2) is 80.5 Å². The maximum absolute atomic E-state index is 11.4. The molecule has 0 atom stereocenters. The van der Waals surface area contributed by atoms with Crippen LogP contribution in [0.5, 0.6) is 0 Å². The second kappa shape index (κ2) is 9.34. The Morgan fingerprint density at radius 1 is 0.905 bits per heavy atom. The SMILES string of the molecule is C=CC(=O)N(C)CCC[N+](C)(C)CCCN(C)C(=O)C=C. The molecule has 0 bridgehead atoms. The second-order valence-electron chi connectivity index (χ2n) is 6.02. The quantitative estimate of drug-likeness (QED) is 0.448. The second-order valence-corrected chi connectivity index (χ2v) is 6.02. The molecule has 5 heteroatoms. The summed E-state index contributed by atoms with van der Waals surface area (Å²) in [6.07, 6.45) is 4.58. The van der Waals surface area contributed by atoms with Crippen molar-refractivity contribution in [1.29, 1.82) is 0 Å². The molecule has 0 N–H and O–H groups in total. The summed E-state index contributed by atoms with van der Waals surface area (Å²) in [5.74, 6) is -0.0743. The fourth-order valence-corrected chi connectivity index (χ4v) is 2.12. The van der Waals surface area contributed by atoms with E-state index in [-0.39, 0.29) is 11.8 Å². The van der Waals surface area contributed by atoms with Gasteiger partial charge in [0.1, 0.15) is 0 Å². The summed E-state index contributed by atoms with van der Waals surface area (Å²) in [7, 11) is 7.93. The number of quaternary nitrogens is 1. The zero-order chi connectivity index (χ0) is 16.5. The highest BCUT2D eigenvalue weighted by atomic mass is 16.2. The first kappa shape index (κ1) is 19.4. The maximum Gasteiger partial charge on any atom is 0.245 e.